The van der Waals surface area contributed by atoms with Gasteiger partial charge in [-0.05, 0) is 13.0 Å². The summed E-state index contributed by atoms with van der Waals surface area (Å²) in [5.74, 6) is -0.470. The number of imidazole rings is 1. The zero-order chi connectivity index (χ0) is 12.7. The van der Waals surface area contributed by atoms with E-state index < -0.39 is 5.97 Å². The smallest absolute Gasteiger partial charge is 0.338 e. The number of nitrogens with zero attached hydrogens (tertiary/aromatic N) is 3. The van der Waals surface area contributed by atoms with Crippen molar-refractivity contribution in [1.82, 2.24) is 19.9 Å². The van der Waals surface area contributed by atoms with E-state index >= 15 is 0 Å². The average molecular weight is 260 g/mol. The van der Waals surface area contributed by atoms with Crippen molar-refractivity contribution < 1.29 is 9.90 Å². The molecule has 0 saturated heterocycles. The van der Waals surface area contributed by atoms with Crippen LogP contribution in [0.5, 0.6) is 0 Å². The molecule has 0 aliphatic rings. The number of nitrogens with one attached hydrogen (secondary N) is 1. The quantitative estimate of drug-likeness (QED) is 0.736. The van der Waals surface area contributed by atoms with Crippen LogP contribution in [-0.2, 0) is 0 Å². The number of thiazole rings is 1. The molecule has 0 atom stereocenters. The summed E-state index contributed by atoms with van der Waals surface area (Å²) in [6, 6.07) is 1.44. The van der Waals surface area contributed by atoms with Crippen LogP contribution >= 0.6 is 11.3 Å². The Bertz CT molecular complexity index is 746. The summed E-state index contributed by atoms with van der Waals surface area (Å²) in [6.07, 6.45) is 1.43. The highest BCUT2D eigenvalue weighted by Crippen LogP contribution is 2.22. The minimum absolute atomic E-state index is 0.158. The van der Waals surface area contributed by atoms with Crippen molar-refractivity contribution >= 4 is 28.5 Å². The molecule has 0 unspecified atom stereocenters. The van der Waals surface area contributed by atoms with Crippen LogP contribution in [0.15, 0.2) is 17.6 Å². The molecule has 0 aliphatic heterocycles. The average Bonchev–Trinajstić information content (AvgIpc) is 2.93. The Kier molecular flexibility index (Phi) is 2.34. The summed E-state index contributed by atoms with van der Waals surface area (Å²) in [4.78, 5) is 26.6. The van der Waals surface area contributed by atoms with E-state index in [0.29, 0.717) is 22.7 Å². The van der Waals surface area contributed by atoms with Crippen LogP contribution in [0.1, 0.15) is 15.4 Å². The monoisotopic (exact) mass is 260 g/mol. The second-order valence-corrected chi connectivity index (χ2v) is 4.76. The lowest BCUT2D eigenvalue weighted by molar-refractivity contribution is 0.0699. The molecule has 3 rings (SSSR count). The summed E-state index contributed by atoms with van der Waals surface area (Å²) in [6.45, 7) is 1.90. The minimum atomic E-state index is -1.01. The summed E-state index contributed by atoms with van der Waals surface area (Å²) in [5, 5.41) is 11.9. The fourth-order valence-electron chi connectivity index (χ4n) is 1.68. The van der Waals surface area contributed by atoms with Gasteiger partial charge >= 0.3 is 5.97 Å². The summed E-state index contributed by atoms with van der Waals surface area (Å²) in [7, 11) is 0. The third kappa shape index (κ3) is 1.65. The summed E-state index contributed by atoms with van der Waals surface area (Å²) in [5.41, 5.74) is 1.67. The molecule has 7 heteroatoms. The van der Waals surface area contributed by atoms with Gasteiger partial charge in [-0.3, -0.25) is 0 Å². The third-order valence-corrected chi connectivity index (χ3v) is 3.26. The predicted octanol–water partition coefficient (Wildman–Crippen LogP) is 2.09. The Balaban J connectivity index is 2.22. The Morgan fingerprint density at radius 3 is 2.94 bits per heavy atom. The Labute approximate surface area is 105 Å². The molecule has 0 saturated carbocycles. The number of aromatic nitrogens is 4. The van der Waals surface area contributed by atoms with Gasteiger partial charge in [-0.2, -0.15) is 0 Å². The van der Waals surface area contributed by atoms with Crippen molar-refractivity contribution in [2.75, 3.05) is 0 Å². The maximum atomic E-state index is 11.1. The number of aromatic carboxylic acids is 1. The van der Waals surface area contributed by atoms with Crippen molar-refractivity contribution in [2.24, 2.45) is 0 Å². The first-order valence-corrected chi connectivity index (χ1v) is 6.03. The van der Waals surface area contributed by atoms with E-state index in [1.165, 1.54) is 23.6 Å². The molecule has 0 bridgehead atoms. The maximum absolute atomic E-state index is 11.1. The first kappa shape index (κ1) is 10.8. The van der Waals surface area contributed by atoms with Crippen LogP contribution in [0, 0.1) is 6.92 Å². The molecule has 0 spiro atoms. The first-order valence-electron chi connectivity index (χ1n) is 5.15. The number of hydrogen-bond donors (Lipinski definition) is 2. The minimum Gasteiger partial charge on any atom is -0.478 e. The van der Waals surface area contributed by atoms with Crippen molar-refractivity contribution in [3.63, 3.8) is 0 Å². The van der Waals surface area contributed by atoms with Gasteiger partial charge in [0.1, 0.15) is 5.69 Å². The molecule has 3 aromatic rings. The van der Waals surface area contributed by atoms with Crippen molar-refractivity contribution in [2.45, 2.75) is 6.92 Å². The van der Waals surface area contributed by atoms with Crippen molar-refractivity contribution in [3.05, 3.63) is 28.2 Å². The number of carboxylic acids is 1. The number of pyridine rings is 1. The van der Waals surface area contributed by atoms with E-state index in [1.54, 1.807) is 0 Å². The fourth-order valence-corrected chi connectivity index (χ4v) is 2.28. The molecule has 18 heavy (non-hydrogen) atoms. The fraction of sp³-hybridized carbons (Fsp3) is 0.0909. The van der Waals surface area contributed by atoms with Crippen molar-refractivity contribution in [1.29, 1.82) is 0 Å². The number of hydrogen-bond acceptors (Lipinski definition) is 5. The number of aryl methyl sites for hydroxylation is 1. The number of carbonyl (C=O) groups is 1. The topological polar surface area (TPSA) is 91.8 Å². The number of H-pyrrole nitrogens is 1. The van der Waals surface area contributed by atoms with Crippen LogP contribution in [0.25, 0.3) is 22.7 Å². The number of rotatable bonds is 2. The SMILES string of the molecule is Cc1nc(-c2nc3nccc(C(=O)O)c3[nH]2)cs1. The van der Waals surface area contributed by atoms with Gasteiger partial charge in [-0.1, -0.05) is 0 Å². The maximum Gasteiger partial charge on any atom is 0.338 e. The highest BCUT2D eigenvalue weighted by molar-refractivity contribution is 7.09. The molecular formula is C11H8N4O2S. The Hall–Kier alpha value is -2.28. The van der Waals surface area contributed by atoms with Crippen LogP contribution in [-0.4, -0.2) is 31.0 Å². The summed E-state index contributed by atoms with van der Waals surface area (Å²) >= 11 is 1.51. The molecule has 0 aromatic carbocycles. The number of aromatic amines is 1. The Morgan fingerprint density at radius 2 is 2.28 bits per heavy atom. The van der Waals surface area contributed by atoms with Gasteiger partial charge in [0.25, 0.3) is 0 Å². The zero-order valence-corrected chi connectivity index (χ0v) is 10.2. The van der Waals surface area contributed by atoms with Gasteiger partial charge in [0.2, 0.25) is 0 Å². The molecule has 0 fully saturated rings. The van der Waals surface area contributed by atoms with Gasteiger partial charge in [-0.25, -0.2) is 19.7 Å². The highest BCUT2D eigenvalue weighted by atomic mass is 32.1. The first-order chi connectivity index (χ1) is 8.65. The van der Waals surface area contributed by atoms with Crippen LogP contribution in [0.2, 0.25) is 0 Å². The normalized spacial score (nSPS) is 10.9. The third-order valence-electron chi connectivity index (χ3n) is 2.48. The van der Waals surface area contributed by atoms with E-state index in [9.17, 15) is 4.79 Å². The van der Waals surface area contributed by atoms with Crippen molar-refractivity contribution in [3.8, 4) is 11.5 Å². The largest absolute Gasteiger partial charge is 0.478 e. The molecule has 90 valence electrons. The number of fused-ring (bicyclic) bond motifs is 1. The second-order valence-electron chi connectivity index (χ2n) is 3.70. The van der Waals surface area contributed by atoms with Crippen LogP contribution in [0.3, 0.4) is 0 Å². The molecule has 0 radical (unpaired) electrons. The van der Waals surface area contributed by atoms with Gasteiger partial charge in [0.05, 0.1) is 16.1 Å². The lowest BCUT2D eigenvalue weighted by atomic mass is 10.2. The molecular weight excluding hydrogens is 252 g/mol. The molecule has 2 N–H and O–H groups in total. The lowest BCUT2D eigenvalue weighted by Gasteiger charge is -1.93. The second kappa shape index (κ2) is 3.88. The molecule has 6 nitrogen and oxygen atoms in total. The van der Waals surface area contributed by atoms with Gasteiger partial charge in [0.15, 0.2) is 11.5 Å². The molecule has 3 heterocycles. The molecule has 3 aromatic heterocycles. The highest BCUT2D eigenvalue weighted by Gasteiger charge is 2.14. The predicted molar refractivity (Wildman–Crippen MR) is 66.7 cm³/mol. The van der Waals surface area contributed by atoms with E-state index in [4.69, 9.17) is 5.11 Å². The van der Waals surface area contributed by atoms with Crippen LogP contribution in [0.4, 0.5) is 0 Å². The Morgan fingerprint density at radius 1 is 1.44 bits per heavy atom. The lowest BCUT2D eigenvalue weighted by Crippen LogP contribution is -1.97. The molecule has 0 aliphatic carbocycles. The van der Waals surface area contributed by atoms with E-state index in [-0.39, 0.29) is 5.56 Å². The standard InChI is InChI=1S/C11H8N4O2S/c1-5-13-7(4-18-5)9-14-8-6(11(16)17)2-3-12-10(8)15-9/h2-4H,1H3,(H,16,17)(H,12,14,15). The number of carboxylic acid groups (broad SMARTS) is 1. The van der Waals surface area contributed by atoms with Gasteiger partial charge in [-0.15, -0.1) is 11.3 Å². The van der Waals surface area contributed by atoms with E-state index in [1.807, 2.05) is 12.3 Å². The zero-order valence-electron chi connectivity index (χ0n) is 9.34. The van der Waals surface area contributed by atoms with Gasteiger partial charge < -0.3 is 10.1 Å². The summed E-state index contributed by atoms with van der Waals surface area (Å²) < 4.78 is 0. The molecule has 0 amide bonds. The van der Waals surface area contributed by atoms with E-state index in [0.717, 1.165) is 5.01 Å². The van der Waals surface area contributed by atoms with Crippen LogP contribution < -0.4 is 0 Å². The van der Waals surface area contributed by atoms with E-state index in [2.05, 4.69) is 19.9 Å². The van der Waals surface area contributed by atoms with Gasteiger partial charge in [0, 0.05) is 11.6 Å².